The molecule has 1 aliphatic rings. The first-order valence-electron chi connectivity index (χ1n) is 8.25. The lowest BCUT2D eigenvalue weighted by Gasteiger charge is -2.29. The zero-order valence-corrected chi connectivity index (χ0v) is 15.7. The molecule has 2 aromatic rings. The fraction of sp³-hybridized carbons (Fsp3) is 0.143. The van der Waals surface area contributed by atoms with Gasteiger partial charge < -0.3 is 15.2 Å². The summed E-state index contributed by atoms with van der Waals surface area (Å²) < 4.78 is 5.19. The minimum absolute atomic E-state index is 0.0135. The molecule has 2 N–H and O–H groups in total. The third-order valence-electron chi connectivity index (χ3n) is 4.44. The summed E-state index contributed by atoms with van der Waals surface area (Å²) in [5.74, 6) is -0.522. The fourth-order valence-corrected chi connectivity index (χ4v) is 3.51. The van der Waals surface area contributed by atoms with Gasteiger partial charge in [0.05, 0.1) is 35.4 Å². The molecule has 0 aromatic heterocycles. The highest BCUT2D eigenvalue weighted by Crippen LogP contribution is 2.43. The SMILES string of the molecule is COc1cc(C2C(C#N)=C(S)NC(c3ccccc3)=C2C(C)=O)ccc1O. The second-order valence-electron chi connectivity index (χ2n) is 6.07. The first-order valence-corrected chi connectivity index (χ1v) is 8.70. The molecule has 1 heterocycles. The van der Waals surface area contributed by atoms with Crippen LogP contribution in [0.3, 0.4) is 0 Å². The lowest BCUT2D eigenvalue weighted by Crippen LogP contribution is -2.26. The van der Waals surface area contributed by atoms with Gasteiger partial charge >= 0.3 is 0 Å². The zero-order chi connectivity index (χ0) is 19.6. The Hall–Kier alpha value is -3.17. The Bertz CT molecular complexity index is 1000. The van der Waals surface area contributed by atoms with Gasteiger partial charge in [-0.3, -0.25) is 4.79 Å². The number of phenolic OH excluding ortho intramolecular Hbond substituents is 1. The summed E-state index contributed by atoms with van der Waals surface area (Å²) in [6, 6.07) is 16.4. The quantitative estimate of drug-likeness (QED) is 0.706. The zero-order valence-electron chi connectivity index (χ0n) is 14.9. The number of carbonyl (C=O) groups is 1. The number of phenols is 1. The first kappa shape index (κ1) is 18.6. The molecule has 0 radical (unpaired) electrons. The number of methoxy groups -OCH3 is 1. The average molecular weight is 378 g/mol. The van der Waals surface area contributed by atoms with E-state index in [-0.39, 0.29) is 17.3 Å². The van der Waals surface area contributed by atoms with Crippen LogP contribution < -0.4 is 10.1 Å². The molecule has 3 rings (SSSR count). The van der Waals surface area contributed by atoms with E-state index in [9.17, 15) is 15.2 Å². The van der Waals surface area contributed by atoms with Crippen LogP contribution in [-0.4, -0.2) is 18.0 Å². The minimum Gasteiger partial charge on any atom is -0.504 e. The van der Waals surface area contributed by atoms with Crippen LogP contribution in [0.2, 0.25) is 0 Å². The van der Waals surface area contributed by atoms with Crippen LogP contribution in [0.5, 0.6) is 11.5 Å². The van der Waals surface area contributed by atoms with Gasteiger partial charge in [-0.2, -0.15) is 5.26 Å². The number of aromatic hydroxyl groups is 1. The summed E-state index contributed by atoms with van der Waals surface area (Å²) in [4.78, 5) is 12.6. The van der Waals surface area contributed by atoms with E-state index in [0.29, 0.717) is 27.4 Å². The maximum atomic E-state index is 12.6. The van der Waals surface area contributed by atoms with E-state index in [4.69, 9.17) is 4.74 Å². The normalized spacial score (nSPS) is 16.6. The van der Waals surface area contributed by atoms with Gasteiger partial charge in [-0.15, -0.1) is 12.6 Å². The Balaban J connectivity index is 2.29. The molecule has 0 bridgehead atoms. The molecule has 1 unspecified atom stereocenters. The van der Waals surface area contributed by atoms with Crippen LogP contribution in [0, 0.1) is 11.3 Å². The number of benzene rings is 2. The summed E-state index contributed by atoms with van der Waals surface area (Å²) in [7, 11) is 1.45. The Kier molecular flexibility index (Phi) is 5.24. The van der Waals surface area contributed by atoms with Crippen LogP contribution in [0.1, 0.15) is 24.0 Å². The molecule has 0 amide bonds. The largest absolute Gasteiger partial charge is 0.504 e. The van der Waals surface area contributed by atoms with Gasteiger partial charge in [0.15, 0.2) is 17.3 Å². The van der Waals surface area contributed by atoms with Crippen molar-refractivity contribution < 1.29 is 14.6 Å². The monoisotopic (exact) mass is 378 g/mol. The number of allylic oxidation sites excluding steroid dienone is 2. The van der Waals surface area contributed by atoms with E-state index in [0.717, 1.165) is 5.56 Å². The van der Waals surface area contributed by atoms with Crippen molar-refractivity contribution in [1.29, 1.82) is 5.26 Å². The number of nitrogens with one attached hydrogen (secondary N) is 1. The Morgan fingerprint density at radius 1 is 1.26 bits per heavy atom. The number of rotatable bonds is 4. The van der Waals surface area contributed by atoms with Gasteiger partial charge in [-0.25, -0.2) is 0 Å². The van der Waals surface area contributed by atoms with Crippen molar-refractivity contribution in [3.8, 4) is 17.6 Å². The van der Waals surface area contributed by atoms with Crippen LogP contribution in [0.15, 0.2) is 64.7 Å². The molecule has 0 aliphatic carbocycles. The molecule has 0 fully saturated rings. The van der Waals surface area contributed by atoms with Gasteiger partial charge in [0.2, 0.25) is 0 Å². The maximum absolute atomic E-state index is 12.6. The van der Waals surface area contributed by atoms with E-state index in [1.165, 1.54) is 20.1 Å². The van der Waals surface area contributed by atoms with Crippen LogP contribution >= 0.6 is 12.6 Å². The van der Waals surface area contributed by atoms with Gasteiger partial charge in [0, 0.05) is 5.57 Å². The lowest BCUT2D eigenvalue weighted by molar-refractivity contribution is -0.113. The second kappa shape index (κ2) is 7.60. The molecule has 136 valence electrons. The minimum atomic E-state index is -0.619. The molecule has 0 saturated heterocycles. The van der Waals surface area contributed by atoms with Gasteiger partial charge in [0.25, 0.3) is 0 Å². The van der Waals surface area contributed by atoms with Crippen molar-refractivity contribution in [2.24, 2.45) is 0 Å². The van der Waals surface area contributed by atoms with Crippen molar-refractivity contribution in [2.75, 3.05) is 7.11 Å². The third kappa shape index (κ3) is 3.42. The standard InChI is InChI=1S/C21H18N2O3S/c1-12(24)18-19(14-8-9-16(25)17(10-14)26-2)15(11-22)21(27)23-20(18)13-6-4-3-5-7-13/h3-10,19,23,25,27H,1-2H3. The van der Waals surface area contributed by atoms with E-state index in [1.807, 2.05) is 30.3 Å². The predicted molar refractivity (Wildman–Crippen MR) is 106 cm³/mol. The molecule has 0 saturated carbocycles. The number of Topliss-reactive ketones (excluding diaryl/α,β-unsaturated/α-hetero) is 1. The maximum Gasteiger partial charge on any atom is 0.160 e. The lowest BCUT2D eigenvalue weighted by atomic mass is 9.79. The molecule has 27 heavy (non-hydrogen) atoms. The highest BCUT2D eigenvalue weighted by molar-refractivity contribution is 7.84. The number of ketones is 1. The molecule has 0 spiro atoms. The number of hydrogen-bond donors (Lipinski definition) is 3. The van der Waals surface area contributed by atoms with Crippen molar-refractivity contribution >= 4 is 24.1 Å². The molecule has 6 heteroatoms. The van der Waals surface area contributed by atoms with E-state index in [2.05, 4.69) is 24.0 Å². The summed E-state index contributed by atoms with van der Waals surface area (Å²) in [6.07, 6.45) is 0. The van der Waals surface area contributed by atoms with Crippen molar-refractivity contribution in [3.05, 3.63) is 75.8 Å². The number of nitrogens with zero attached hydrogens (tertiary/aromatic N) is 1. The molecular weight excluding hydrogens is 360 g/mol. The summed E-state index contributed by atoms with van der Waals surface area (Å²) in [5, 5.41) is 23.1. The Labute approximate surface area is 163 Å². The topological polar surface area (TPSA) is 82.3 Å². The van der Waals surface area contributed by atoms with Crippen LogP contribution in [0.25, 0.3) is 5.70 Å². The molecule has 5 nitrogen and oxygen atoms in total. The fourth-order valence-electron chi connectivity index (χ4n) is 3.21. The molecule has 1 aliphatic heterocycles. The highest BCUT2D eigenvalue weighted by Gasteiger charge is 2.34. The Morgan fingerprint density at radius 2 is 1.96 bits per heavy atom. The van der Waals surface area contributed by atoms with Crippen molar-refractivity contribution in [3.63, 3.8) is 0 Å². The number of carbonyl (C=O) groups excluding carboxylic acids is 1. The number of ether oxygens (including phenoxy) is 1. The summed E-state index contributed by atoms with van der Waals surface area (Å²) >= 11 is 4.45. The number of nitriles is 1. The number of dihydropyridines is 1. The van der Waals surface area contributed by atoms with Crippen LogP contribution in [0.4, 0.5) is 0 Å². The number of thiol groups is 1. The smallest absolute Gasteiger partial charge is 0.160 e. The van der Waals surface area contributed by atoms with E-state index < -0.39 is 5.92 Å². The second-order valence-corrected chi connectivity index (χ2v) is 6.52. The molecule has 2 aromatic carbocycles. The average Bonchev–Trinajstić information content (AvgIpc) is 2.68. The van der Waals surface area contributed by atoms with E-state index in [1.54, 1.807) is 12.1 Å². The highest BCUT2D eigenvalue weighted by atomic mass is 32.1. The predicted octanol–water partition coefficient (Wildman–Crippen LogP) is 3.75. The van der Waals surface area contributed by atoms with Crippen molar-refractivity contribution in [2.45, 2.75) is 12.8 Å². The van der Waals surface area contributed by atoms with Gasteiger partial charge in [0.1, 0.15) is 0 Å². The van der Waals surface area contributed by atoms with E-state index >= 15 is 0 Å². The summed E-state index contributed by atoms with van der Waals surface area (Å²) in [6.45, 7) is 1.48. The van der Waals surface area contributed by atoms with Crippen LogP contribution in [-0.2, 0) is 4.79 Å². The first-order chi connectivity index (χ1) is 13.0. The molecular formula is C21H18N2O3S. The summed E-state index contributed by atoms with van der Waals surface area (Å²) in [5.41, 5.74) is 2.89. The molecule has 1 atom stereocenters. The van der Waals surface area contributed by atoms with Crippen molar-refractivity contribution in [1.82, 2.24) is 5.32 Å². The Morgan fingerprint density at radius 3 is 2.56 bits per heavy atom. The van der Waals surface area contributed by atoms with Gasteiger partial charge in [-0.05, 0) is 30.2 Å². The number of hydrogen-bond acceptors (Lipinski definition) is 6. The third-order valence-corrected chi connectivity index (χ3v) is 4.80. The van der Waals surface area contributed by atoms with Gasteiger partial charge in [-0.1, -0.05) is 36.4 Å².